The number of nitrogens with zero attached hydrogens (tertiary/aromatic N) is 2. The summed E-state index contributed by atoms with van der Waals surface area (Å²) in [5, 5.41) is 10.3. The molecule has 1 atom stereocenters. The highest BCUT2D eigenvalue weighted by molar-refractivity contribution is 5.43. The summed E-state index contributed by atoms with van der Waals surface area (Å²) in [6.45, 7) is 10.9. The predicted octanol–water partition coefficient (Wildman–Crippen LogP) is 2.53. The third-order valence-corrected chi connectivity index (χ3v) is 6.16. The molecule has 1 spiro atoms. The summed E-state index contributed by atoms with van der Waals surface area (Å²) in [4.78, 5) is 4.67. The first kappa shape index (κ1) is 21.4. The Bertz CT molecular complexity index is 607. The molecule has 1 aromatic rings. The number of likely N-dealkylation sites (N-methyl/N-ethyl adjacent to an activating group) is 1. The number of likely N-dealkylation sites (tertiary alicyclic amines) is 1. The quantitative estimate of drug-likeness (QED) is 0.660. The van der Waals surface area contributed by atoms with Crippen molar-refractivity contribution in [2.75, 3.05) is 53.0 Å². The molecule has 0 bridgehead atoms. The minimum absolute atomic E-state index is 0.186. The summed E-state index contributed by atoms with van der Waals surface area (Å²) in [6, 6.07) is 6.11. The average Bonchev–Trinajstić information content (AvgIpc) is 2.70. The zero-order valence-electron chi connectivity index (χ0n) is 17.7. The second-order valence-corrected chi connectivity index (χ2v) is 7.99. The van der Waals surface area contributed by atoms with E-state index in [4.69, 9.17) is 14.2 Å². The van der Waals surface area contributed by atoms with Crippen LogP contribution in [0, 0.1) is 0 Å². The number of piperidine rings is 1. The fraction of sp³-hybridized carbons (Fsp3) is 0.727. The molecular formula is C22H36N2O4. The third-order valence-electron chi connectivity index (χ3n) is 6.16. The highest BCUT2D eigenvalue weighted by Gasteiger charge is 2.40. The van der Waals surface area contributed by atoms with Gasteiger partial charge in [-0.25, -0.2) is 0 Å². The van der Waals surface area contributed by atoms with Crippen molar-refractivity contribution in [3.63, 3.8) is 0 Å². The van der Waals surface area contributed by atoms with Crippen molar-refractivity contribution in [3.05, 3.63) is 23.8 Å². The minimum Gasteiger partial charge on any atom is -0.493 e. The van der Waals surface area contributed by atoms with Crippen LogP contribution >= 0.6 is 0 Å². The van der Waals surface area contributed by atoms with Crippen LogP contribution in [0.2, 0.25) is 0 Å². The minimum atomic E-state index is -0.519. The average molecular weight is 393 g/mol. The normalized spacial score (nSPS) is 20.2. The molecular weight excluding hydrogens is 356 g/mol. The molecule has 3 rings (SSSR count). The Labute approximate surface area is 169 Å². The maximum atomic E-state index is 10.3. The van der Waals surface area contributed by atoms with Gasteiger partial charge in [0.2, 0.25) is 0 Å². The predicted molar refractivity (Wildman–Crippen MR) is 110 cm³/mol. The van der Waals surface area contributed by atoms with Gasteiger partial charge in [-0.05, 0) is 50.0 Å². The molecule has 2 aliphatic heterocycles. The van der Waals surface area contributed by atoms with E-state index < -0.39 is 6.10 Å². The molecule has 2 aliphatic rings. The molecule has 28 heavy (non-hydrogen) atoms. The van der Waals surface area contributed by atoms with E-state index in [9.17, 15) is 5.11 Å². The van der Waals surface area contributed by atoms with Gasteiger partial charge in [0.15, 0.2) is 11.5 Å². The lowest BCUT2D eigenvalue weighted by atomic mass is 9.84. The van der Waals surface area contributed by atoms with Crippen LogP contribution in [0.1, 0.15) is 38.7 Å². The van der Waals surface area contributed by atoms with Gasteiger partial charge in [0, 0.05) is 26.2 Å². The Kier molecular flexibility index (Phi) is 7.57. The van der Waals surface area contributed by atoms with E-state index >= 15 is 0 Å². The maximum Gasteiger partial charge on any atom is 0.161 e. The van der Waals surface area contributed by atoms with Crippen LogP contribution in [-0.2, 0) is 11.3 Å². The molecule has 6 heteroatoms. The van der Waals surface area contributed by atoms with Crippen molar-refractivity contribution in [3.8, 4) is 11.5 Å². The molecule has 1 aromatic carbocycles. The number of ether oxygens (including phenoxy) is 3. The van der Waals surface area contributed by atoms with Gasteiger partial charge < -0.3 is 24.2 Å². The van der Waals surface area contributed by atoms with E-state index in [2.05, 4.69) is 29.7 Å². The van der Waals surface area contributed by atoms with Gasteiger partial charge in [0.05, 0.1) is 19.3 Å². The molecule has 0 radical (unpaired) electrons. The highest BCUT2D eigenvalue weighted by atomic mass is 16.5. The monoisotopic (exact) mass is 392 g/mol. The summed E-state index contributed by atoms with van der Waals surface area (Å²) >= 11 is 0. The fourth-order valence-corrected chi connectivity index (χ4v) is 4.11. The van der Waals surface area contributed by atoms with E-state index in [1.807, 2.05) is 12.1 Å². The van der Waals surface area contributed by atoms with E-state index in [-0.39, 0.29) is 12.2 Å². The number of rotatable bonds is 10. The number of aliphatic hydroxyl groups excluding tert-OH is 1. The molecule has 0 saturated carbocycles. The summed E-state index contributed by atoms with van der Waals surface area (Å²) < 4.78 is 17.2. The number of hydrogen-bond donors (Lipinski definition) is 1. The third kappa shape index (κ3) is 5.38. The smallest absolute Gasteiger partial charge is 0.161 e. The van der Waals surface area contributed by atoms with Gasteiger partial charge in [-0.2, -0.15) is 0 Å². The standard InChI is InChI=1S/C22H36N2O4/c1-4-23(5-2)16-19(25)17-27-21-14-18(6-7-20(21)26-3)15-24-11-8-22(9-12-24)10-13-28-22/h6-7,14,19,25H,4-5,8-13,15-17H2,1-3H3/t19-/m0/s1. The zero-order chi connectivity index (χ0) is 20.0. The number of hydrogen-bond acceptors (Lipinski definition) is 6. The van der Waals surface area contributed by atoms with Crippen molar-refractivity contribution in [2.24, 2.45) is 0 Å². The van der Waals surface area contributed by atoms with Gasteiger partial charge in [0.25, 0.3) is 0 Å². The fourth-order valence-electron chi connectivity index (χ4n) is 4.11. The number of methoxy groups -OCH3 is 1. The van der Waals surface area contributed by atoms with Crippen LogP contribution in [0.5, 0.6) is 11.5 Å². The Balaban J connectivity index is 1.54. The lowest BCUT2D eigenvalue weighted by Crippen LogP contribution is -2.52. The zero-order valence-corrected chi connectivity index (χ0v) is 17.7. The molecule has 6 nitrogen and oxygen atoms in total. The largest absolute Gasteiger partial charge is 0.493 e. The molecule has 0 unspecified atom stereocenters. The molecule has 158 valence electrons. The van der Waals surface area contributed by atoms with Crippen LogP contribution in [0.25, 0.3) is 0 Å². The van der Waals surface area contributed by atoms with Gasteiger partial charge in [-0.15, -0.1) is 0 Å². The van der Waals surface area contributed by atoms with E-state index in [0.717, 1.165) is 52.2 Å². The van der Waals surface area contributed by atoms with E-state index in [1.54, 1.807) is 7.11 Å². The maximum absolute atomic E-state index is 10.3. The lowest BCUT2D eigenvalue weighted by molar-refractivity contribution is -0.173. The van der Waals surface area contributed by atoms with Crippen molar-refractivity contribution in [1.29, 1.82) is 0 Å². The van der Waals surface area contributed by atoms with Crippen LogP contribution in [0.15, 0.2) is 18.2 Å². The summed E-state index contributed by atoms with van der Waals surface area (Å²) in [6.07, 6.45) is 2.96. The molecule has 2 fully saturated rings. The molecule has 2 heterocycles. The molecule has 2 saturated heterocycles. The van der Waals surface area contributed by atoms with Crippen LogP contribution in [0.3, 0.4) is 0 Å². The summed E-state index contributed by atoms with van der Waals surface area (Å²) in [7, 11) is 1.65. The van der Waals surface area contributed by atoms with Crippen molar-refractivity contribution >= 4 is 0 Å². The number of aliphatic hydroxyl groups is 1. The van der Waals surface area contributed by atoms with Crippen LogP contribution in [0.4, 0.5) is 0 Å². The number of benzene rings is 1. The Morgan fingerprint density at radius 2 is 1.89 bits per heavy atom. The summed E-state index contributed by atoms with van der Waals surface area (Å²) in [5.41, 5.74) is 1.39. The first-order valence-corrected chi connectivity index (χ1v) is 10.6. The summed E-state index contributed by atoms with van der Waals surface area (Å²) in [5.74, 6) is 1.41. The van der Waals surface area contributed by atoms with Crippen LogP contribution in [-0.4, -0.2) is 79.7 Å². The van der Waals surface area contributed by atoms with Crippen molar-refractivity contribution in [1.82, 2.24) is 9.80 Å². The second kappa shape index (κ2) is 9.92. The van der Waals surface area contributed by atoms with Crippen molar-refractivity contribution < 1.29 is 19.3 Å². The first-order valence-electron chi connectivity index (χ1n) is 10.6. The molecule has 0 amide bonds. The van der Waals surface area contributed by atoms with Gasteiger partial charge in [0.1, 0.15) is 12.7 Å². The lowest BCUT2D eigenvalue weighted by Gasteiger charge is -2.47. The van der Waals surface area contributed by atoms with Gasteiger partial charge in [-0.1, -0.05) is 19.9 Å². The van der Waals surface area contributed by atoms with Crippen LogP contribution < -0.4 is 9.47 Å². The Morgan fingerprint density at radius 3 is 2.46 bits per heavy atom. The Morgan fingerprint density at radius 1 is 1.18 bits per heavy atom. The van der Waals surface area contributed by atoms with Gasteiger partial charge >= 0.3 is 0 Å². The first-order chi connectivity index (χ1) is 13.6. The second-order valence-electron chi connectivity index (χ2n) is 7.99. The van der Waals surface area contributed by atoms with Gasteiger partial charge in [-0.3, -0.25) is 4.90 Å². The Hall–Kier alpha value is -1.34. The van der Waals surface area contributed by atoms with E-state index in [1.165, 1.54) is 12.0 Å². The molecule has 0 aliphatic carbocycles. The molecule has 1 N–H and O–H groups in total. The van der Waals surface area contributed by atoms with Crippen molar-refractivity contribution in [2.45, 2.75) is 51.4 Å². The highest BCUT2D eigenvalue weighted by Crippen LogP contribution is 2.37. The van der Waals surface area contributed by atoms with E-state index in [0.29, 0.717) is 18.0 Å². The SMILES string of the molecule is CCN(CC)C[C@H](O)COc1cc(CN2CCC3(CCO3)CC2)ccc1OC. The molecule has 0 aromatic heterocycles. The topological polar surface area (TPSA) is 54.4 Å².